The predicted octanol–water partition coefficient (Wildman–Crippen LogP) is 0.741. The minimum Gasteiger partial charge on any atom is -0.326 e. The lowest BCUT2D eigenvalue weighted by Crippen LogP contribution is -2.12. The molecule has 0 saturated heterocycles. The van der Waals surface area contributed by atoms with Crippen LogP contribution in [0.15, 0.2) is 27.9 Å². The van der Waals surface area contributed by atoms with Crippen LogP contribution in [0.2, 0.25) is 0 Å². The van der Waals surface area contributed by atoms with Gasteiger partial charge in [-0.2, -0.15) is 5.10 Å². The van der Waals surface area contributed by atoms with Gasteiger partial charge in [-0.15, -0.1) is 11.3 Å². The molecule has 0 aliphatic carbocycles. The van der Waals surface area contributed by atoms with Crippen LogP contribution < -0.4 is 10.5 Å². The lowest BCUT2D eigenvalue weighted by atomic mass is 10.4. The van der Waals surface area contributed by atoms with E-state index in [2.05, 4.69) is 9.82 Å². The first-order valence-electron chi connectivity index (χ1n) is 4.81. The molecule has 0 spiro atoms. The van der Waals surface area contributed by atoms with Crippen molar-refractivity contribution in [3.8, 4) is 0 Å². The van der Waals surface area contributed by atoms with E-state index in [-0.39, 0.29) is 4.21 Å². The topological polar surface area (TPSA) is 90.0 Å². The van der Waals surface area contributed by atoms with E-state index in [1.807, 2.05) is 0 Å². The summed E-state index contributed by atoms with van der Waals surface area (Å²) in [6.45, 7) is 0.329. The highest BCUT2D eigenvalue weighted by atomic mass is 32.2. The fourth-order valence-corrected chi connectivity index (χ4v) is 3.48. The molecule has 0 aliphatic rings. The van der Waals surface area contributed by atoms with Gasteiger partial charge in [0.05, 0.1) is 0 Å². The standard InChI is InChI=1S/C9H12N4O2S2/c1-13-3-2-8(11-13)12-17(14,15)9-4-7(5-10)6-16-9/h2-4,6H,5,10H2,1H3,(H,11,12). The van der Waals surface area contributed by atoms with Crippen LogP contribution in [0.25, 0.3) is 0 Å². The van der Waals surface area contributed by atoms with Crippen molar-refractivity contribution in [2.45, 2.75) is 10.8 Å². The molecular weight excluding hydrogens is 260 g/mol. The molecule has 2 rings (SSSR count). The third kappa shape index (κ3) is 2.65. The molecule has 8 heteroatoms. The Morgan fingerprint density at radius 3 is 2.88 bits per heavy atom. The summed E-state index contributed by atoms with van der Waals surface area (Å²) >= 11 is 1.14. The highest BCUT2D eigenvalue weighted by Gasteiger charge is 2.17. The minimum absolute atomic E-state index is 0.239. The number of sulfonamides is 1. The Morgan fingerprint density at radius 1 is 1.59 bits per heavy atom. The molecule has 0 aliphatic heterocycles. The first kappa shape index (κ1) is 12.1. The number of rotatable bonds is 4. The molecule has 0 saturated carbocycles. The molecule has 0 aromatic carbocycles. The summed E-state index contributed by atoms with van der Waals surface area (Å²) in [5, 5.41) is 5.68. The fraction of sp³-hybridized carbons (Fsp3) is 0.222. The quantitative estimate of drug-likeness (QED) is 0.859. The summed E-state index contributed by atoms with van der Waals surface area (Å²) in [6, 6.07) is 3.16. The molecule has 2 aromatic heterocycles. The molecule has 92 valence electrons. The van der Waals surface area contributed by atoms with Crippen molar-refractivity contribution in [2.75, 3.05) is 4.72 Å². The molecular formula is C9H12N4O2S2. The molecule has 0 unspecified atom stereocenters. The SMILES string of the molecule is Cn1ccc(NS(=O)(=O)c2cc(CN)cs2)n1. The molecule has 0 radical (unpaired) electrons. The summed E-state index contributed by atoms with van der Waals surface area (Å²) in [5.41, 5.74) is 6.24. The molecule has 6 nitrogen and oxygen atoms in total. The van der Waals surface area contributed by atoms with Crippen molar-refractivity contribution in [2.24, 2.45) is 12.8 Å². The highest BCUT2D eigenvalue weighted by Crippen LogP contribution is 2.22. The number of anilines is 1. The van der Waals surface area contributed by atoms with Crippen LogP contribution in [-0.2, 0) is 23.6 Å². The Hall–Kier alpha value is -1.38. The van der Waals surface area contributed by atoms with Gasteiger partial charge in [-0.25, -0.2) is 8.42 Å². The Morgan fingerprint density at radius 2 is 2.35 bits per heavy atom. The molecule has 17 heavy (non-hydrogen) atoms. The van der Waals surface area contributed by atoms with Gasteiger partial charge < -0.3 is 5.73 Å². The number of nitrogens with two attached hydrogens (primary N) is 1. The molecule has 0 fully saturated rings. The van der Waals surface area contributed by atoms with E-state index < -0.39 is 10.0 Å². The Bertz CT molecular complexity index is 614. The van der Waals surface area contributed by atoms with Crippen molar-refractivity contribution >= 4 is 27.2 Å². The maximum absolute atomic E-state index is 11.9. The van der Waals surface area contributed by atoms with Gasteiger partial charge in [0.1, 0.15) is 4.21 Å². The molecule has 0 amide bonds. The second-order valence-corrected chi connectivity index (χ2v) is 6.28. The first-order chi connectivity index (χ1) is 8.01. The average Bonchev–Trinajstić information content (AvgIpc) is 2.86. The van der Waals surface area contributed by atoms with Crippen LogP contribution in [0.1, 0.15) is 5.56 Å². The van der Waals surface area contributed by atoms with Crippen LogP contribution >= 0.6 is 11.3 Å². The number of thiophene rings is 1. The van der Waals surface area contributed by atoms with Gasteiger partial charge in [0.25, 0.3) is 10.0 Å². The van der Waals surface area contributed by atoms with E-state index in [1.165, 1.54) is 4.68 Å². The van der Waals surface area contributed by atoms with E-state index in [4.69, 9.17) is 5.73 Å². The summed E-state index contributed by atoms with van der Waals surface area (Å²) in [4.78, 5) is 0. The summed E-state index contributed by atoms with van der Waals surface area (Å²) in [6.07, 6.45) is 1.66. The Balaban J connectivity index is 2.24. The summed E-state index contributed by atoms with van der Waals surface area (Å²) in [5.74, 6) is 0.301. The lowest BCUT2D eigenvalue weighted by molar-refractivity contribution is 0.602. The Kier molecular flexibility index (Phi) is 3.18. The van der Waals surface area contributed by atoms with Crippen molar-refractivity contribution in [3.05, 3.63) is 29.3 Å². The predicted molar refractivity (Wildman–Crippen MR) is 66.2 cm³/mol. The minimum atomic E-state index is -3.55. The van der Waals surface area contributed by atoms with E-state index in [0.29, 0.717) is 12.4 Å². The van der Waals surface area contributed by atoms with Gasteiger partial charge in [-0.3, -0.25) is 9.40 Å². The van der Waals surface area contributed by atoms with Crippen LogP contribution in [0, 0.1) is 0 Å². The van der Waals surface area contributed by atoms with Crippen LogP contribution in [0.4, 0.5) is 5.82 Å². The van der Waals surface area contributed by atoms with E-state index in [9.17, 15) is 8.42 Å². The number of nitrogens with one attached hydrogen (secondary N) is 1. The zero-order chi connectivity index (χ0) is 12.5. The molecule has 0 bridgehead atoms. The smallest absolute Gasteiger partial charge is 0.272 e. The van der Waals surface area contributed by atoms with Crippen molar-refractivity contribution in [1.29, 1.82) is 0 Å². The maximum atomic E-state index is 11.9. The largest absolute Gasteiger partial charge is 0.326 e. The Labute approximate surface area is 103 Å². The second kappa shape index (κ2) is 4.47. The van der Waals surface area contributed by atoms with Gasteiger partial charge >= 0.3 is 0 Å². The summed E-state index contributed by atoms with van der Waals surface area (Å²) < 4.78 is 28.1. The van der Waals surface area contributed by atoms with Crippen LogP contribution in [0.3, 0.4) is 0 Å². The van der Waals surface area contributed by atoms with Gasteiger partial charge in [0, 0.05) is 25.9 Å². The second-order valence-electron chi connectivity index (χ2n) is 3.46. The monoisotopic (exact) mass is 272 g/mol. The van der Waals surface area contributed by atoms with Gasteiger partial charge in [-0.05, 0) is 17.0 Å². The normalized spacial score (nSPS) is 11.6. The lowest BCUT2D eigenvalue weighted by Gasteiger charge is -2.01. The number of nitrogens with zero attached hydrogens (tertiary/aromatic N) is 2. The van der Waals surface area contributed by atoms with Crippen molar-refractivity contribution in [1.82, 2.24) is 9.78 Å². The fourth-order valence-electron chi connectivity index (χ4n) is 1.26. The van der Waals surface area contributed by atoms with Crippen molar-refractivity contribution in [3.63, 3.8) is 0 Å². The highest BCUT2D eigenvalue weighted by molar-refractivity contribution is 7.94. The molecule has 0 atom stereocenters. The maximum Gasteiger partial charge on any atom is 0.272 e. The molecule has 3 N–H and O–H groups in total. The van der Waals surface area contributed by atoms with Crippen LogP contribution in [-0.4, -0.2) is 18.2 Å². The number of aryl methyl sites for hydroxylation is 1. The first-order valence-corrected chi connectivity index (χ1v) is 7.17. The average molecular weight is 272 g/mol. The van der Waals surface area contributed by atoms with Crippen molar-refractivity contribution < 1.29 is 8.42 Å². The van der Waals surface area contributed by atoms with E-state index >= 15 is 0 Å². The number of aromatic nitrogens is 2. The third-order valence-electron chi connectivity index (χ3n) is 2.08. The van der Waals surface area contributed by atoms with Gasteiger partial charge in [0.15, 0.2) is 5.82 Å². The van der Waals surface area contributed by atoms with Gasteiger partial charge in [-0.1, -0.05) is 0 Å². The molecule has 2 aromatic rings. The zero-order valence-corrected chi connectivity index (χ0v) is 10.8. The summed E-state index contributed by atoms with van der Waals surface area (Å²) in [7, 11) is -1.83. The van der Waals surface area contributed by atoms with Gasteiger partial charge in [0.2, 0.25) is 0 Å². The number of hydrogen-bond donors (Lipinski definition) is 2. The van der Waals surface area contributed by atoms with E-state index in [1.54, 1.807) is 30.8 Å². The zero-order valence-electron chi connectivity index (χ0n) is 9.12. The number of hydrogen-bond acceptors (Lipinski definition) is 5. The van der Waals surface area contributed by atoms with Crippen LogP contribution in [0.5, 0.6) is 0 Å². The molecule has 2 heterocycles. The van der Waals surface area contributed by atoms with E-state index in [0.717, 1.165) is 16.9 Å². The third-order valence-corrected chi connectivity index (χ3v) is 4.93.